The largest absolute Gasteiger partial charge is 0.462 e. The van der Waals surface area contributed by atoms with Crippen molar-refractivity contribution in [2.75, 3.05) is 11.9 Å². The Balaban J connectivity index is 1.97. The Morgan fingerprint density at radius 3 is 2.33 bits per heavy atom. The molecule has 21 heavy (non-hydrogen) atoms. The molecule has 2 rings (SSSR count). The standard InChI is InChI=1S/C15H17Cl2NO3/c1-3-8-21-12(19)10-4-6-11(7-5-10)18-13(20)14(2)9-15(14,16)17/h4-7H,3,8-9H2,1-2H3,(H,18,20). The molecule has 114 valence electrons. The van der Waals surface area contributed by atoms with Crippen molar-refractivity contribution in [3.63, 3.8) is 0 Å². The normalized spacial score (nSPS) is 22.5. The summed E-state index contributed by atoms with van der Waals surface area (Å²) < 4.78 is 4.03. The number of nitrogens with one attached hydrogen (secondary N) is 1. The van der Waals surface area contributed by atoms with Crippen LogP contribution < -0.4 is 5.32 Å². The van der Waals surface area contributed by atoms with Crippen molar-refractivity contribution in [2.24, 2.45) is 5.41 Å². The highest BCUT2D eigenvalue weighted by Gasteiger charge is 2.67. The van der Waals surface area contributed by atoms with E-state index < -0.39 is 9.75 Å². The number of amides is 1. The maximum absolute atomic E-state index is 12.1. The van der Waals surface area contributed by atoms with E-state index >= 15 is 0 Å². The van der Waals surface area contributed by atoms with Crippen LogP contribution in [0, 0.1) is 5.41 Å². The van der Waals surface area contributed by atoms with Gasteiger partial charge < -0.3 is 10.1 Å². The van der Waals surface area contributed by atoms with Gasteiger partial charge in [-0.2, -0.15) is 0 Å². The summed E-state index contributed by atoms with van der Waals surface area (Å²) in [6.07, 6.45) is 1.20. The Morgan fingerprint density at radius 2 is 1.86 bits per heavy atom. The van der Waals surface area contributed by atoms with Gasteiger partial charge in [0.15, 0.2) is 0 Å². The van der Waals surface area contributed by atoms with Gasteiger partial charge >= 0.3 is 5.97 Å². The predicted molar refractivity (Wildman–Crippen MR) is 82.8 cm³/mol. The fourth-order valence-electron chi connectivity index (χ4n) is 1.88. The summed E-state index contributed by atoms with van der Waals surface area (Å²) in [5, 5.41) is 2.75. The number of esters is 1. The Kier molecular flexibility index (Phi) is 4.49. The van der Waals surface area contributed by atoms with E-state index in [0.717, 1.165) is 6.42 Å². The molecule has 1 fully saturated rings. The van der Waals surface area contributed by atoms with Crippen LogP contribution in [0.3, 0.4) is 0 Å². The van der Waals surface area contributed by atoms with E-state index in [2.05, 4.69) is 5.32 Å². The van der Waals surface area contributed by atoms with Gasteiger partial charge in [0.05, 0.1) is 17.6 Å². The molecule has 1 saturated carbocycles. The van der Waals surface area contributed by atoms with Crippen molar-refractivity contribution in [1.82, 2.24) is 0 Å². The molecule has 6 heteroatoms. The van der Waals surface area contributed by atoms with Gasteiger partial charge in [0, 0.05) is 5.69 Å². The first-order valence-corrected chi connectivity index (χ1v) is 7.52. The molecule has 0 spiro atoms. The molecule has 1 aromatic rings. The second-order valence-electron chi connectivity index (χ2n) is 5.38. The lowest BCUT2D eigenvalue weighted by Gasteiger charge is -2.12. The van der Waals surface area contributed by atoms with E-state index in [1.807, 2.05) is 6.92 Å². The van der Waals surface area contributed by atoms with E-state index in [9.17, 15) is 9.59 Å². The smallest absolute Gasteiger partial charge is 0.338 e. The number of anilines is 1. The molecule has 1 N–H and O–H groups in total. The van der Waals surface area contributed by atoms with Crippen LogP contribution in [0.4, 0.5) is 5.69 Å². The zero-order valence-electron chi connectivity index (χ0n) is 11.9. The van der Waals surface area contributed by atoms with Gasteiger partial charge in [-0.3, -0.25) is 4.79 Å². The molecular formula is C15H17Cl2NO3. The van der Waals surface area contributed by atoms with Gasteiger partial charge in [0.1, 0.15) is 4.33 Å². The Bertz CT molecular complexity index is 557. The van der Waals surface area contributed by atoms with Crippen LogP contribution in [0.1, 0.15) is 37.0 Å². The van der Waals surface area contributed by atoms with Crippen LogP contribution in [-0.4, -0.2) is 22.8 Å². The highest BCUT2D eigenvalue weighted by Crippen LogP contribution is 2.64. The van der Waals surface area contributed by atoms with Gasteiger partial charge in [-0.25, -0.2) is 4.79 Å². The molecule has 0 aromatic heterocycles. The molecule has 0 saturated heterocycles. The minimum absolute atomic E-state index is 0.228. The second-order valence-corrected chi connectivity index (χ2v) is 6.86. The number of halogens is 2. The summed E-state index contributed by atoms with van der Waals surface area (Å²) in [6, 6.07) is 6.52. The summed E-state index contributed by atoms with van der Waals surface area (Å²) in [4.78, 5) is 23.7. The average molecular weight is 330 g/mol. The van der Waals surface area contributed by atoms with Crippen LogP contribution in [0.5, 0.6) is 0 Å². The van der Waals surface area contributed by atoms with Crippen molar-refractivity contribution in [3.05, 3.63) is 29.8 Å². The fourth-order valence-corrected chi connectivity index (χ4v) is 2.59. The lowest BCUT2D eigenvalue weighted by atomic mass is 10.1. The lowest BCUT2D eigenvalue weighted by molar-refractivity contribution is -0.120. The quantitative estimate of drug-likeness (QED) is 0.660. The second kappa shape index (κ2) is 5.85. The number of rotatable bonds is 5. The van der Waals surface area contributed by atoms with Crippen LogP contribution in [0.25, 0.3) is 0 Å². The molecule has 1 atom stereocenters. The fraction of sp³-hybridized carbons (Fsp3) is 0.467. The van der Waals surface area contributed by atoms with Gasteiger partial charge in [0.25, 0.3) is 0 Å². The molecule has 1 unspecified atom stereocenters. The van der Waals surface area contributed by atoms with E-state index in [4.69, 9.17) is 27.9 Å². The zero-order valence-corrected chi connectivity index (χ0v) is 13.4. The van der Waals surface area contributed by atoms with Crippen LogP contribution in [0.2, 0.25) is 0 Å². The monoisotopic (exact) mass is 329 g/mol. The van der Waals surface area contributed by atoms with Crippen molar-refractivity contribution < 1.29 is 14.3 Å². The number of carbonyl (C=O) groups excluding carboxylic acids is 2. The number of hydrogen-bond donors (Lipinski definition) is 1. The highest BCUT2D eigenvalue weighted by atomic mass is 35.5. The molecule has 0 bridgehead atoms. The maximum atomic E-state index is 12.1. The van der Waals surface area contributed by atoms with Crippen molar-refractivity contribution in [2.45, 2.75) is 31.0 Å². The van der Waals surface area contributed by atoms with E-state index in [1.165, 1.54) is 0 Å². The number of hydrogen-bond acceptors (Lipinski definition) is 3. The molecule has 1 aliphatic carbocycles. The van der Waals surface area contributed by atoms with Crippen LogP contribution in [0.15, 0.2) is 24.3 Å². The molecule has 1 aliphatic rings. The molecule has 1 amide bonds. The van der Waals surface area contributed by atoms with Crippen LogP contribution in [-0.2, 0) is 9.53 Å². The third-order valence-corrected chi connectivity index (χ3v) is 4.68. The molecule has 0 heterocycles. The first-order chi connectivity index (χ1) is 9.80. The molecule has 0 radical (unpaired) electrons. The number of carbonyl (C=O) groups is 2. The van der Waals surface area contributed by atoms with Crippen molar-refractivity contribution in [3.8, 4) is 0 Å². The lowest BCUT2D eigenvalue weighted by Crippen LogP contribution is -2.25. The van der Waals surface area contributed by atoms with E-state index in [0.29, 0.717) is 24.3 Å². The maximum Gasteiger partial charge on any atom is 0.338 e. The average Bonchev–Trinajstić information content (AvgIpc) is 2.97. The summed E-state index contributed by atoms with van der Waals surface area (Å²) >= 11 is 11.9. The Morgan fingerprint density at radius 1 is 1.29 bits per heavy atom. The number of benzene rings is 1. The Labute approximate surface area is 133 Å². The van der Waals surface area contributed by atoms with Gasteiger partial charge in [-0.15, -0.1) is 23.2 Å². The Hall–Kier alpha value is -1.26. The van der Waals surface area contributed by atoms with Crippen molar-refractivity contribution in [1.29, 1.82) is 0 Å². The zero-order chi connectivity index (χ0) is 15.7. The number of alkyl halides is 2. The predicted octanol–water partition coefficient (Wildman–Crippen LogP) is 3.78. The first-order valence-electron chi connectivity index (χ1n) is 6.76. The summed E-state index contributed by atoms with van der Waals surface area (Å²) in [5.41, 5.74) is 0.266. The first kappa shape index (κ1) is 16.1. The molecule has 4 nitrogen and oxygen atoms in total. The van der Waals surface area contributed by atoms with Crippen LogP contribution >= 0.6 is 23.2 Å². The van der Waals surface area contributed by atoms with E-state index in [1.54, 1.807) is 31.2 Å². The van der Waals surface area contributed by atoms with Gasteiger partial charge in [0.2, 0.25) is 5.91 Å². The minimum Gasteiger partial charge on any atom is -0.462 e. The highest BCUT2D eigenvalue weighted by molar-refractivity contribution is 6.53. The van der Waals surface area contributed by atoms with Gasteiger partial charge in [-0.1, -0.05) is 6.92 Å². The van der Waals surface area contributed by atoms with Crippen molar-refractivity contribution >= 4 is 40.8 Å². The third kappa shape index (κ3) is 3.33. The SMILES string of the molecule is CCCOC(=O)c1ccc(NC(=O)C2(C)CC2(Cl)Cl)cc1. The third-order valence-electron chi connectivity index (χ3n) is 3.57. The minimum atomic E-state index is -0.999. The van der Waals surface area contributed by atoms with Gasteiger partial charge in [-0.05, 0) is 44.0 Å². The summed E-state index contributed by atoms with van der Waals surface area (Å²) in [7, 11) is 0. The molecule has 1 aromatic carbocycles. The number of ether oxygens (including phenoxy) is 1. The topological polar surface area (TPSA) is 55.4 Å². The summed E-state index contributed by atoms with van der Waals surface area (Å²) in [6.45, 7) is 4.04. The van der Waals surface area contributed by atoms with E-state index in [-0.39, 0.29) is 11.9 Å². The summed E-state index contributed by atoms with van der Waals surface area (Å²) in [5.74, 6) is -0.599. The molecule has 0 aliphatic heterocycles. The molecular weight excluding hydrogens is 313 g/mol.